The van der Waals surface area contributed by atoms with Crippen LogP contribution in [0.3, 0.4) is 0 Å². The van der Waals surface area contributed by atoms with Gasteiger partial charge in [0.1, 0.15) is 13.2 Å². The Morgan fingerprint density at radius 2 is 0.519 bits per heavy atom. The molecule has 446 valence electrons. The van der Waals surface area contributed by atoms with E-state index in [1.54, 1.807) is 0 Å². The van der Waals surface area contributed by atoms with Gasteiger partial charge in [-0.25, -0.2) is 0 Å². The molecule has 0 heterocycles. The average molecular weight is 1090 g/mol. The van der Waals surface area contributed by atoms with Gasteiger partial charge in [-0.3, -0.25) is 14.4 Å². The third kappa shape index (κ3) is 64.0. The topological polar surface area (TPSA) is 78.9 Å². The fraction of sp³-hybridized carbons (Fsp3) is 0.630. The molecule has 0 rings (SSSR count). The molecule has 6 heteroatoms. The van der Waals surface area contributed by atoms with Gasteiger partial charge in [-0.2, -0.15) is 0 Å². The van der Waals surface area contributed by atoms with Crippen LogP contribution >= 0.6 is 0 Å². The summed E-state index contributed by atoms with van der Waals surface area (Å²) >= 11 is 0. The second-order valence-corrected chi connectivity index (χ2v) is 20.9. The molecule has 0 aliphatic rings. The fourth-order valence-electron chi connectivity index (χ4n) is 8.59. The van der Waals surface area contributed by atoms with Crippen molar-refractivity contribution in [2.24, 2.45) is 0 Å². The van der Waals surface area contributed by atoms with Gasteiger partial charge in [0.05, 0.1) is 0 Å². The summed E-state index contributed by atoms with van der Waals surface area (Å²) in [5.41, 5.74) is 0. The van der Waals surface area contributed by atoms with E-state index in [2.05, 4.69) is 161 Å². The van der Waals surface area contributed by atoms with Crippen molar-refractivity contribution < 1.29 is 28.6 Å². The third-order valence-electron chi connectivity index (χ3n) is 13.4. The highest BCUT2D eigenvalue weighted by Crippen LogP contribution is 2.16. The van der Waals surface area contributed by atoms with E-state index in [1.807, 2.05) is 6.08 Å². The summed E-state index contributed by atoms with van der Waals surface area (Å²) in [5.74, 6) is -1.01. The summed E-state index contributed by atoms with van der Waals surface area (Å²) in [6.07, 6.45) is 94.3. The van der Waals surface area contributed by atoms with Crippen LogP contribution in [0.5, 0.6) is 0 Å². The minimum Gasteiger partial charge on any atom is -0.462 e. The first-order valence-electron chi connectivity index (χ1n) is 32.3. The first-order chi connectivity index (χ1) is 39.0. The van der Waals surface area contributed by atoms with Crippen molar-refractivity contribution in [1.82, 2.24) is 0 Å². The summed E-state index contributed by atoms with van der Waals surface area (Å²) in [6, 6.07) is 0. The Kier molecular flexibility index (Phi) is 61.9. The monoisotopic (exact) mass is 1090 g/mol. The number of ether oxygens (including phenoxy) is 3. The molecule has 0 N–H and O–H groups in total. The largest absolute Gasteiger partial charge is 0.462 e. The number of allylic oxidation sites excluding steroid dienone is 24. The molecule has 0 aliphatic heterocycles. The molecular formula is C73H118O6. The quantitative estimate of drug-likeness (QED) is 0.0261. The van der Waals surface area contributed by atoms with Crippen LogP contribution in [0.4, 0.5) is 0 Å². The Morgan fingerprint density at radius 1 is 0.266 bits per heavy atom. The Hall–Kier alpha value is -4.71. The lowest BCUT2D eigenvalue weighted by atomic mass is 10.0. The summed E-state index contributed by atoms with van der Waals surface area (Å²) in [7, 11) is 0. The highest BCUT2D eigenvalue weighted by atomic mass is 16.6. The van der Waals surface area contributed by atoms with E-state index < -0.39 is 12.1 Å². The number of esters is 3. The fourth-order valence-corrected chi connectivity index (χ4v) is 8.59. The normalized spacial score (nSPS) is 13.1. The first-order valence-corrected chi connectivity index (χ1v) is 32.3. The average Bonchev–Trinajstić information content (AvgIpc) is 3.45. The van der Waals surface area contributed by atoms with Crippen LogP contribution in [0.15, 0.2) is 146 Å². The van der Waals surface area contributed by atoms with Gasteiger partial charge in [0.2, 0.25) is 0 Å². The van der Waals surface area contributed by atoms with E-state index in [-0.39, 0.29) is 31.6 Å². The zero-order chi connectivity index (χ0) is 57.1. The van der Waals surface area contributed by atoms with Crippen LogP contribution in [0.1, 0.15) is 278 Å². The van der Waals surface area contributed by atoms with Gasteiger partial charge in [-0.05, 0) is 109 Å². The molecule has 1 unspecified atom stereocenters. The standard InChI is InChI=1S/C73H118O6/c1-4-7-10-13-16-19-22-25-28-31-33-34-35-36-37-38-40-42-45-48-51-54-57-60-63-66-72(75)78-69-70(68-77-71(74)65-62-59-56-53-50-47-44-41-30-27-24-21-18-15-12-9-6-3)79-73(76)67-64-61-58-55-52-49-46-43-39-32-29-26-23-20-17-14-11-8-5-2/h7-8,10-11,16-17,19-20,25-26,28-29,33-34,36-37,39-40,42-43,49,52,58,61,70H,4-6,9,12-15,18,21-24,27,30-32,35,38,41,44-48,50-51,53-57,59-60,62-69H2,1-3H3/b10-7-,11-8-,19-16-,20-17-,28-25-,29-26-,34-33-,37-36-,42-40-,43-39-,52-49-,61-58-. The molecule has 0 aromatic heterocycles. The lowest BCUT2D eigenvalue weighted by Crippen LogP contribution is -2.30. The highest BCUT2D eigenvalue weighted by Gasteiger charge is 2.19. The molecule has 0 saturated heterocycles. The van der Waals surface area contributed by atoms with Crippen LogP contribution in [0.2, 0.25) is 0 Å². The van der Waals surface area contributed by atoms with Crippen LogP contribution in [-0.2, 0) is 28.6 Å². The number of hydrogen-bond acceptors (Lipinski definition) is 6. The molecule has 0 aliphatic carbocycles. The SMILES string of the molecule is CC/C=C\C/C=C\C/C=C\C/C=C\C/C=C\C/C=C\CCCCCCCCC(=O)OCC(COC(=O)CCCCCCCCCCCCCCCCCCC)OC(=O)CC/C=C\C/C=C\C/C=C\C/C=C\C/C=C\C/C=C\CC. The van der Waals surface area contributed by atoms with Crippen molar-refractivity contribution in [3.8, 4) is 0 Å². The van der Waals surface area contributed by atoms with Crippen molar-refractivity contribution in [3.05, 3.63) is 146 Å². The highest BCUT2D eigenvalue weighted by molar-refractivity contribution is 5.71. The number of rotatable bonds is 57. The zero-order valence-electron chi connectivity index (χ0n) is 51.1. The molecule has 0 fully saturated rings. The van der Waals surface area contributed by atoms with E-state index in [1.165, 1.54) is 103 Å². The van der Waals surface area contributed by atoms with E-state index >= 15 is 0 Å². The van der Waals surface area contributed by atoms with Gasteiger partial charge < -0.3 is 14.2 Å². The molecule has 0 saturated carbocycles. The third-order valence-corrected chi connectivity index (χ3v) is 13.4. The molecule has 0 aromatic carbocycles. The Bertz CT molecular complexity index is 1730. The van der Waals surface area contributed by atoms with Gasteiger partial charge in [0, 0.05) is 19.3 Å². The molecular weight excluding hydrogens is 973 g/mol. The first kappa shape index (κ1) is 74.3. The van der Waals surface area contributed by atoms with Crippen LogP contribution in [0.25, 0.3) is 0 Å². The lowest BCUT2D eigenvalue weighted by Gasteiger charge is -2.18. The Balaban J connectivity index is 4.51. The van der Waals surface area contributed by atoms with Gasteiger partial charge >= 0.3 is 17.9 Å². The number of carbonyl (C=O) groups is 3. The maximum absolute atomic E-state index is 12.9. The molecule has 0 radical (unpaired) electrons. The predicted molar refractivity (Wildman–Crippen MR) is 343 cm³/mol. The van der Waals surface area contributed by atoms with Gasteiger partial charge in [-0.1, -0.05) is 295 Å². The maximum Gasteiger partial charge on any atom is 0.306 e. The zero-order valence-corrected chi connectivity index (χ0v) is 51.1. The lowest BCUT2D eigenvalue weighted by molar-refractivity contribution is -0.166. The van der Waals surface area contributed by atoms with Crippen LogP contribution in [-0.4, -0.2) is 37.2 Å². The molecule has 0 aromatic rings. The van der Waals surface area contributed by atoms with Crippen molar-refractivity contribution in [3.63, 3.8) is 0 Å². The van der Waals surface area contributed by atoms with E-state index in [0.717, 1.165) is 128 Å². The summed E-state index contributed by atoms with van der Waals surface area (Å²) in [6.45, 7) is 6.35. The Labute approximate surface area is 487 Å². The van der Waals surface area contributed by atoms with Gasteiger partial charge in [-0.15, -0.1) is 0 Å². The number of carbonyl (C=O) groups excluding carboxylic acids is 3. The smallest absolute Gasteiger partial charge is 0.306 e. The molecule has 1 atom stereocenters. The number of hydrogen-bond donors (Lipinski definition) is 0. The minimum absolute atomic E-state index is 0.116. The maximum atomic E-state index is 12.9. The van der Waals surface area contributed by atoms with Crippen molar-refractivity contribution in [2.45, 2.75) is 284 Å². The van der Waals surface area contributed by atoms with Crippen molar-refractivity contribution in [1.29, 1.82) is 0 Å². The van der Waals surface area contributed by atoms with Gasteiger partial charge in [0.15, 0.2) is 6.10 Å². The second-order valence-electron chi connectivity index (χ2n) is 20.9. The molecule has 6 nitrogen and oxygen atoms in total. The molecule has 79 heavy (non-hydrogen) atoms. The van der Waals surface area contributed by atoms with Crippen molar-refractivity contribution in [2.75, 3.05) is 13.2 Å². The summed E-state index contributed by atoms with van der Waals surface area (Å²) < 4.78 is 16.9. The Morgan fingerprint density at radius 3 is 0.823 bits per heavy atom. The van der Waals surface area contributed by atoms with Gasteiger partial charge in [0.25, 0.3) is 0 Å². The predicted octanol–water partition coefficient (Wildman–Crippen LogP) is 22.3. The summed E-state index contributed by atoms with van der Waals surface area (Å²) in [4.78, 5) is 38.3. The molecule has 0 bridgehead atoms. The van der Waals surface area contributed by atoms with Crippen LogP contribution in [0, 0.1) is 0 Å². The minimum atomic E-state index is -0.831. The second kappa shape index (κ2) is 65.8. The van der Waals surface area contributed by atoms with E-state index in [0.29, 0.717) is 19.3 Å². The molecule has 0 amide bonds. The molecule has 0 spiro atoms. The van der Waals surface area contributed by atoms with Crippen molar-refractivity contribution >= 4 is 17.9 Å². The van der Waals surface area contributed by atoms with E-state index in [4.69, 9.17) is 14.2 Å². The van der Waals surface area contributed by atoms with Crippen LogP contribution < -0.4 is 0 Å². The summed E-state index contributed by atoms with van der Waals surface area (Å²) in [5, 5.41) is 0. The van der Waals surface area contributed by atoms with E-state index in [9.17, 15) is 14.4 Å². The number of unbranched alkanes of at least 4 members (excludes halogenated alkanes) is 22.